The molecule has 1 N–H and O–H groups in total. The molecule has 0 aromatic heterocycles. The van der Waals surface area contributed by atoms with Crippen molar-refractivity contribution in [3.05, 3.63) is 35.9 Å². The minimum Gasteiger partial charge on any atom is -0.390 e. The van der Waals surface area contributed by atoms with Crippen LogP contribution in [-0.4, -0.2) is 23.6 Å². The Balaban J connectivity index is 1.70. The second-order valence-electron chi connectivity index (χ2n) is 4.18. The van der Waals surface area contributed by atoms with Crippen molar-refractivity contribution >= 4 is 5.78 Å². The number of aliphatic hydroxyl groups is 1. The first-order chi connectivity index (χ1) is 7.77. The standard InChI is InChI=1S/C13H16O3/c14-12-7-6-11(12)13(15)9-16-8-10-4-2-1-3-5-10/h1-5,11,13,15H,6-9H2/t11-,13?/m0/s1. The summed E-state index contributed by atoms with van der Waals surface area (Å²) in [5, 5.41) is 9.67. The van der Waals surface area contributed by atoms with Crippen molar-refractivity contribution in [3.63, 3.8) is 0 Å². The van der Waals surface area contributed by atoms with Crippen LogP contribution >= 0.6 is 0 Å². The minimum atomic E-state index is -0.634. The van der Waals surface area contributed by atoms with Gasteiger partial charge in [0.05, 0.1) is 19.3 Å². The molecule has 2 atom stereocenters. The zero-order valence-corrected chi connectivity index (χ0v) is 9.13. The molecule has 86 valence electrons. The lowest BCUT2D eigenvalue weighted by Crippen LogP contribution is -2.38. The zero-order valence-electron chi connectivity index (χ0n) is 9.13. The first-order valence-electron chi connectivity index (χ1n) is 5.60. The van der Waals surface area contributed by atoms with Crippen LogP contribution in [0.3, 0.4) is 0 Å². The van der Waals surface area contributed by atoms with Gasteiger partial charge in [-0.1, -0.05) is 30.3 Å². The molecule has 1 aromatic carbocycles. The van der Waals surface area contributed by atoms with E-state index in [1.165, 1.54) is 0 Å². The van der Waals surface area contributed by atoms with E-state index in [0.29, 0.717) is 13.0 Å². The minimum absolute atomic E-state index is 0.163. The molecule has 0 heterocycles. The molecule has 16 heavy (non-hydrogen) atoms. The normalized spacial score (nSPS) is 21.6. The maximum absolute atomic E-state index is 11.1. The lowest BCUT2D eigenvalue weighted by Gasteiger charge is -2.28. The van der Waals surface area contributed by atoms with Crippen LogP contribution in [0, 0.1) is 5.92 Å². The Morgan fingerprint density at radius 2 is 2.12 bits per heavy atom. The molecule has 0 aliphatic heterocycles. The maximum atomic E-state index is 11.1. The highest BCUT2D eigenvalue weighted by Crippen LogP contribution is 2.25. The second-order valence-corrected chi connectivity index (χ2v) is 4.18. The van der Waals surface area contributed by atoms with E-state index < -0.39 is 6.10 Å². The molecule has 1 aliphatic carbocycles. The van der Waals surface area contributed by atoms with E-state index in [2.05, 4.69) is 0 Å². The predicted octanol–water partition coefficient (Wildman–Crippen LogP) is 1.54. The Labute approximate surface area is 95.0 Å². The van der Waals surface area contributed by atoms with Crippen molar-refractivity contribution in [3.8, 4) is 0 Å². The van der Waals surface area contributed by atoms with Crippen molar-refractivity contribution in [1.82, 2.24) is 0 Å². The van der Waals surface area contributed by atoms with Crippen LogP contribution in [0.25, 0.3) is 0 Å². The highest BCUT2D eigenvalue weighted by Gasteiger charge is 2.34. The zero-order chi connectivity index (χ0) is 11.4. The van der Waals surface area contributed by atoms with Crippen molar-refractivity contribution < 1.29 is 14.6 Å². The number of benzene rings is 1. The second kappa shape index (κ2) is 5.23. The van der Waals surface area contributed by atoms with Crippen LogP contribution in [-0.2, 0) is 16.1 Å². The highest BCUT2D eigenvalue weighted by molar-refractivity contribution is 5.86. The molecule has 1 saturated carbocycles. The molecule has 3 heteroatoms. The molecule has 1 aromatic rings. The summed E-state index contributed by atoms with van der Waals surface area (Å²) >= 11 is 0. The Morgan fingerprint density at radius 3 is 2.69 bits per heavy atom. The van der Waals surface area contributed by atoms with Gasteiger partial charge < -0.3 is 9.84 Å². The molecular weight excluding hydrogens is 204 g/mol. The van der Waals surface area contributed by atoms with Gasteiger partial charge in [0.1, 0.15) is 5.78 Å². The van der Waals surface area contributed by atoms with Crippen molar-refractivity contribution in [1.29, 1.82) is 0 Å². The first-order valence-corrected chi connectivity index (χ1v) is 5.60. The van der Waals surface area contributed by atoms with E-state index in [-0.39, 0.29) is 18.3 Å². The van der Waals surface area contributed by atoms with Crippen molar-refractivity contribution in [2.75, 3.05) is 6.61 Å². The van der Waals surface area contributed by atoms with Crippen LogP contribution in [0.15, 0.2) is 30.3 Å². The largest absolute Gasteiger partial charge is 0.390 e. The number of hydrogen-bond acceptors (Lipinski definition) is 3. The summed E-state index contributed by atoms with van der Waals surface area (Å²) in [7, 11) is 0. The molecule has 0 spiro atoms. The average molecular weight is 220 g/mol. The number of hydrogen-bond donors (Lipinski definition) is 1. The average Bonchev–Trinajstić information content (AvgIpc) is 2.28. The predicted molar refractivity (Wildman–Crippen MR) is 59.8 cm³/mol. The van der Waals surface area contributed by atoms with Crippen LogP contribution in [0.4, 0.5) is 0 Å². The molecule has 0 amide bonds. The van der Waals surface area contributed by atoms with E-state index >= 15 is 0 Å². The number of ketones is 1. The lowest BCUT2D eigenvalue weighted by atomic mass is 9.80. The summed E-state index contributed by atoms with van der Waals surface area (Å²) < 4.78 is 5.38. The Kier molecular flexibility index (Phi) is 3.70. The monoisotopic (exact) mass is 220 g/mol. The summed E-state index contributed by atoms with van der Waals surface area (Å²) in [6, 6.07) is 9.79. The molecule has 3 nitrogen and oxygen atoms in total. The third kappa shape index (κ3) is 2.68. The quantitative estimate of drug-likeness (QED) is 0.818. The van der Waals surface area contributed by atoms with Crippen molar-refractivity contribution in [2.24, 2.45) is 5.92 Å². The third-order valence-corrected chi connectivity index (χ3v) is 2.98. The SMILES string of the molecule is O=C1CC[C@@H]1C(O)COCc1ccccc1. The fourth-order valence-corrected chi connectivity index (χ4v) is 1.82. The highest BCUT2D eigenvalue weighted by atomic mass is 16.5. The lowest BCUT2D eigenvalue weighted by molar-refractivity contribution is -0.136. The van der Waals surface area contributed by atoms with E-state index in [0.717, 1.165) is 12.0 Å². The Hall–Kier alpha value is -1.19. The summed E-state index contributed by atoms with van der Waals surface area (Å²) in [4.78, 5) is 11.1. The number of carbonyl (C=O) groups is 1. The summed E-state index contributed by atoms with van der Waals surface area (Å²) in [5.41, 5.74) is 1.08. The number of ether oxygens (including phenoxy) is 1. The number of rotatable bonds is 5. The molecule has 0 radical (unpaired) electrons. The van der Waals surface area contributed by atoms with Gasteiger partial charge >= 0.3 is 0 Å². The van der Waals surface area contributed by atoms with Crippen LogP contribution in [0.2, 0.25) is 0 Å². The first kappa shape index (κ1) is 11.3. The molecule has 1 fully saturated rings. The molecule has 2 rings (SSSR count). The van der Waals surface area contributed by atoms with Gasteiger partial charge in [0, 0.05) is 12.3 Å². The van der Waals surface area contributed by atoms with E-state index in [9.17, 15) is 9.90 Å². The van der Waals surface area contributed by atoms with Gasteiger partial charge in [0.15, 0.2) is 0 Å². The molecule has 1 aliphatic rings. The van der Waals surface area contributed by atoms with Gasteiger partial charge in [0.25, 0.3) is 0 Å². The van der Waals surface area contributed by atoms with Gasteiger partial charge in [-0.3, -0.25) is 4.79 Å². The third-order valence-electron chi connectivity index (χ3n) is 2.98. The number of Topliss-reactive ketones (excluding diaryl/α,β-unsaturated/α-hetero) is 1. The van der Waals surface area contributed by atoms with Gasteiger partial charge in [-0.15, -0.1) is 0 Å². The van der Waals surface area contributed by atoms with Crippen LogP contribution in [0.5, 0.6) is 0 Å². The van der Waals surface area contributed by atoms with E-state index in [1.54, 1.807) is 0 Å². The molecular formula is C13H16O3. The molecule has 0 saturated heterocycles. The summed E-state index contributed by atoms with van der Waals surface area (Å²) in [6.07, 6.45) is 0.778. The summed E-state index contributed by atoms with van der Waals surface area (Å²) in [5.74, 6) is -0.0217. The van der Waals surface area contributed by atoms with Gasteiger partial charge in [0.2, 0.25) is 0 Å². The molecule has 0 bridgehead atoms. The van der Waals surface area contributed by atoms with Crippen LogP contribution < -0.4 is 0 Å². The van der Waals surface area contributed by atoms with E-state index in [1.807, 2.05) is 30.3 Å². The number of aliphatic hydroxyl groups excluding tert-OH is 1. The Bertz CT molecular complexity index is 347. The Morgan fingerprint density at radius 1 is 1.38 bits per heavy atom. The smallest absolute Gasteiger partial charge is 0.138 e. The van der Waals surface area contributed by atoms with Gasteiger partial charge in [-0.25, -0.2) is 0 Å². The number of carbonyl (C=O) groups excluding carboxylic acids is 1. The molecule has 1 unspecified atom stereocenters. The fourth-order valence-electron chi connectivity index (χ4n) is 1.82. The van der Waals surface area contributed by atoms with Crippen LogP contribution in [0.1, 0.15) is 18.4 Å². The van der Waals surface area contributed by atoms with Gasteiger partial charge in [-0.2, -0.15) is 0 Å². The fraction of sp³-hybridized carbons (Fsp3) is 0.462. The van der Waals surface area contributed by atoms with Gasteiger partial charge in [-0.05, 0) is 12.0 Å². The van der Waals surface area contributed by atoms with E-state index in [4.69, 9.17) is 4.74 Å². The maximum Gasteiger partial charge on any atom is 0.138 e. The summed E-state index contributed by atoms with van der Waals surface area (Å²) in [6.45, 7) is 0.726. The topological polar surface area (TPSA) is 46.5 Å². The van der Waals surface area contributed by atoms with Crippen molar-refractivity contribution in [2.45, 2.75) is 25.6 Å².